The zero-order valence-electron chi connectivity index (χ0n) is 10.2. The molecule has 0 aromatic carbocycles. The van der Waals surface area contributed by atoms with E-state index in [9.17, 15) is 0 Å². The standard InChI is InChI=1S/C13H20N2/c1-5-10-12(9-6-7-9)15-11(8-14-10)13(2,3)4/h8-9H,5-7H2,1-4H3. The summed E-state index contributed by atoms with van der Waals surface area (Å²) in [7, 11) is 0. The third-order valence-corrected chi connectivity index (χ3v) is 2.95. The van der Waals surface area contributed by atoms with Crippen molar-refractivity contribution in [2.45, 2.75) is 58.3 Å². The number of nitrogens with zero attached hydrogens (tertiary/aromatic N) is 2. The normalized spacial score (nSPS) is 16.8. The topological polar surface area (TPSA) is 25.8 Å². The molecule has 2 rings (SSSR count). The molecule has 1 saturated carbocycles. The first kappa shape index (κ1) is 10.6. The van der Waals surface area contributed by atoms with Crippen LogP contribution in [0.25, 0.3) is 0 Å². The molecular weight excluding hydrogens is 184 g/mol. The molecule has 0 amide bonds. The molecule has 0 saturated heterocycles. The fourth-order valence-electron chi connectivity index (χ4n) is 1.75. The molecule has 0 aliphatic heterocycles. The maximum absolute atomic E-state index is 4.81. The quantitative estimate of drug-likeness (QED) is 0.739. The fraction of sp³-hybridized carbons (Fsp3) is 0.692. The van der Waals surface area contributed by atoms with Gasteiger partial charge in [-0.2, -0.15) is 0 Å². The van der Waals surface area contributed by atoms with E-state index in [1.807, 2.05) is 6.20 Å². The summed E-state index contributed by atoms with van der Waals surface area (Å²) in [5.41, 5.74) is 3.71. The van der Waals surface area contributed by atoms with Gasteiger partial charge in [-0.3, -0.25) is 9.97 Å². The van der Waals surface area contributed by atoms with Crippen LogP contribution in [0.2, 0.25) is 0 Å². The highest BCUT2D eigenvalue weighted by molar-refractivity contribution is 5.24. The molecule has 0 atom stereocenters. The van der Waals surface area contributed by atoms with Crippen molar-refractivity contribution < 1.29 is 0 Å². The van der Waals surface area contributed by atoms with Gasteiger partial charge >= 0.3 is 0 Å². The van der Waals surface area contributed by atoms with Crippen molar-refractivity contribution in [3.05, 3.63) is 23.3 Å². The van der Waals surface area contributed by atoms with Gasteiger partial charge < -0.3 is 0 Å². The Hall–Kier alpha value is -0.920. The molecule has 1 aromatic heterocycles. The van der Waals surface area contributed by atoms with E-state index in [1.165, 1.54) is 24.2 Å². The van der Waals surface area contributed by atoms with Gasteiger partial charge in [-0.25, -0.2) is 0 Å². The number of hydrogen-bond donors (Lipinski definition) is 0. The lowest BCUT2D eigenvalue weighted by Gasteiger charge is -2.19. The van der Waals surface area contributed by atoms with Crippen molar-refractivity contribution in [2.24, 2.45) is 0 Å². The average Bonchev–Trinajstić information content (AvgIpc) is 2.98. The van der Waals surface area contributed by atoms with Crippen LogP contribution in [0.5, 0.6) is 0 Å². The zero-order valence-corrected chi connectivity index (χ0v) is 10.2. The van der Waals surface area contributed by atoms with Gasteiger partial charge in [0.15, 0.2) is 0 Å². The molecule has 15 heavy (non-hydrogen) atoms. The Kier molecular flexibility index (Phi) is 2.53. The van der Waals surface area contributed by atoms with Gasteiger partial charge in [-0.15, -0.1) is 0 Å². The minimum absolute atomic E-state index is 0.114. The molecule has 1 fully saturated rings. The highest BCUT2D eigenvalue weighted by Crippen LogP contribution is 2.40. The molecule has 0 N–H and O–H groups in total. The second-order valence-electron chi connectivity index (χ2n) is 5.47. The molecule has 82 valence electrons. The summed E-state index contributed by atoms with van der Waals surface area (Å²) < 4.78 is 0. The zero-order chi connectivity index (χ0) is 11.1. The third-order valence-electron chi connectivity index (χ3n) is 2.95. The van der Waals surface area contributed by atoms with Crippen LogP contribution >= 0.6 is 0 Å². The lowest BCUT2D eigenvalue weighted by molar-refractivity contribution is 0.559. The molecular formula is C13H20N2. The van der Waals surface area contributed by atoms with Crippen LogP contribution in [0.3, 0.4) is 0 Å². The van der Waals surface area contributed by atoms with Crippen molar-refractivity contribution in [1.29, 1.82) is 0 Å². The molecule has 0 bridgehead atoms. The van der Waals surface area contributed by atoms with Crippen LogP contribution in [0.4, 0.5) is 0 Å². The Morgan fingerprint density at radius 2 is 2.00 bits per heavy atom. The van der Waals surface area contributed by atoms with E-state index in [4.69, 9.17) is 4.98 Å². The van der Waals surface area contributed by atoms with E-state index in [0.29, 0.717) is 5.92 Å². The van der Waals surface area contributed by atoms with Gasteiger partial charge in [-0.1, -0.05) is 27.7 Å². The average molecular weight is 204 g/mol. The Morgan fingerprint density at radius 1 is 1.33 bits per heavy atom. The molecule has 1 aromatic rings. The second-order valence-corrected chi connectivity index (χ2v) is 5.47. The first-order valence-corrected chi connectivity index (χ1v) is 5.88. The molecule has 1 aliphatic rings. The predicted octanol–water partition coefficient (Wildman–Crippen LogP) is 3.21. The van der Waals surface area contributed by atoms with Gasteiger partial charge in [0.1, 0.15) is 0 Å². The Labute approximate surface area is 92.1 Å². The number of rotatable bonds is 2. The summed E-state index contributed by atoms with van der Waals surface area (Å²) in [5.74, 6) is 0.703. The van der Waals surface area contributed by atoms with E-state index in [2.05, 4.69) is 32.7 Å². The lowest BCUT2D eigenvalue weighted by atomic mass is 9.92. The highest BCUT2D eigenvalue weighted by Gasteiger charge is 2.29. The number of aryl methyl sites for hydroxylation is 1. The molecule has 1 heterocycles. The van der Waals surface area contributed by atoms with Crippen molar-refractivity contribution in [2.75, 3.05) is 0 Å². The molecule has 0 spiro atoms. The van der Waals surface area contributed by atoms with E-state index < -0.39 is 0 Å². The molecule has 2 nitrogen and oxygen atoms in total. The summed E-state index contributed by atoms with van der Waals surface area (Å²) in [6.07, 6.45) is 5.55. The van der Waals surface area contributed by atoms with Gasteiger partial charge in [0.25, 0.3) is 0 Å². The van der Waals surface area contributed by atoms with Crippen LogP contribution in [-0.4, -0.2) is 9.97 Å². The largest absolute Gasteiger partial charge is 0.257 e. The summed E-state index contributed by atoms with van der Waals surface area (Å²) in [5, 5.41) is 0. The highest BCUT2D eigenvalue weighted by atomic mass is 14.8. The van der Waals surface area contributed by atoms with E-state index in [0.717, 1.165) is 12.1 Å². The van der Waals surface area contributed by atoms with Gasteiger partial charge in [0.05, 0.1) is 17.1 Å². The van der Waals surface area contributed by atoms with Crippen molar-refractivity contribution >= 4 is 0 Å². The SMILES string of the molecule is CCc1ncc(C(C)(C)C)nc1C1CC1. The second kappa shape index (κ2) is 3.58. The Morgan fingerprint density at radius 3 is 2.47 bits per heavy atom. The van der Waals surface area contributed by atoms with Gasteiger partial charge in [0, 0.05) is 17.5 Å². The first-order valence-electron chi connectivity index (χ1n) is 5.88. The first-order chi connectivity index (χ1) is 7.02. The maximum Gasteiger partial charge on any atom is 0.0653 e. The van der Waals surface area contributed by atoms with Gasteiger partial charge in [0.2, 0.25) is 0 Å². The van der Waals surface area contributed by atoms with Crippen LogP contribution in [0.15, 0.2) is 6.20 Å². The summed E-state index contributed by atoms with van der Waals surface area (Å²) in [4.78, 5) is 9.38. The molecule has 1 aliphatic carbocycles. The maximum atomic E-state index is 4.81. The minimum Gasteiger partial charge on any atom is -0.257 e. The van der Waals surface area contributed by atoms with Crippen molar-refractivity contribution in [1.82, 2.24) is 9.97 Å². The smallest absolute Gasteiger partial charge is 0.0653 e. The van der Waals surface area contributed by atoms with Gasteiger partial charge in [-0.05, 0) is 19.3 Å². The van der Waals surface area contributed by atoms with E-state index in [-0.39, 0.29) is 5.41 Å². The van der Waals surface area contributed by atoms with Crippen LogP contribution in [0, 0.1) is 0 Å². The van der Waals surface area contributed by atoms with Crippen LogP contribution in [-0.2, 0) is 11.8 Å². The summed E-state index contributed by atoms with van der Waals surface area (Å²) in [6, 6.07) is 0. The third kappa shape index (κ3) is 2.19. The fourth-order valence-corrected chi connectivity index (χ4v) is 1.75. The van der Waals surface area contributed by atoms with Crippen LogP contribution in [0.1, 0.15) is 63.5 Å². The van der Waals surface area contributed by atoms with E-state index in [1.54, 1.807) is 0 Å². The summed E-state index contributed by atoms with van der Waals surface area (Å²) >= 11 is 0. The molecule has 0 unspecified atom stereocenters. The van der Waals surface area contributed by atoms with Crippen molar-refractivity contribution in [3.8, 4) is 0 Å². The number of aromatic nitrogens is 2. The lowest BCUT2D eigenvalue weighted by Crippen LogP contribution is -2.16. The molecule has 2 heteroatoms. The van der Waals surface area contributed by atoms with E-state index >= 15 is 0 Å². The minimum atomic E-state index is 0.114. The van der Waals surface area contributed by atoms with Crippen molar-refractivity contribution in [3.63, 3.8) is 0 Å². The van der Waals surface area contributed by atoms with Crippen LogP contribution < -0.4 is 0 Å². The monoisotopic (exact) mass is 204 g/mol. The Bertz CT molecular complexity index is 359. The molecule has 0 radical (unpaired) electrons. The number of hydrogen-bond acceptors (Lipinski definition) is 2. The summed E-state index contributed by atoms with van der Waals surface area (Å²) in [6.45, 7) is 8.74. The predicted molar refractivity (Wildman–Crippen MR) is 62.1 cm³/mol. The Balaban J connectivity index is 2.40.